The van der Waals surface area contributed by atoms with Crippen LogP contribution >= 0.6 is 0 Å². The van der Waals surface area contributed by atoms with Crippen LogP contribution in [-0.2, 0) is 0 Å². The Hall–Kier alpha value is -2.58. The Balaban J connectivity index is 1.42. The lowest BCUT2D eigenvalue weighted by Gasteiger charge is -2.35. The van der Waals surface area contributed by atoms with Gasteiger partial charge >= 0.3 is 0 Å². The van der Waals surface area contributed by atoms with E-state index in [1.54, 1.807) is 12.3 Å². The van der Waals surface area contributed by atoms with Crippen LogP contribution in [0.5, 0.6) is 5.75 Å². The van der Waals surface area contributed by atoms with E-state index in [2.05, 4.69) is 14.8 Å². The molecule has 0 saturated carbocycles. The average molecular weight is 308 g/mol. The molecule has 0 radical (unpaired) electrons. The first-order valence-corrected chi connectivity index (χ1v) is 7.86. The highest BCUT2D eigenvalue weighted by atomic mass is 16.5. The molecule has 0 atom stereocenters. The second-order valence-electron chi connectivity index (χ2n) is 5.50. The Morgan fingerprint density at radius 1 is 1.04 bits per heavy atom. The quantitative estimate of drug-likeness (QED) is 0.847. The van der Waals surface area contributed by atoms with Crippen LogP contribution in [0.25, 0.3) is 0 Å². The van der Waals surface area contributed by atoms with Crippen LogP contribution in [0.15, 0.2) is 48.7 Å². The topological polar surface area (TPSA) is 52.4 Å². The molecule has 5 nitrogen and oxygen atoms in total. The number of pyridine rings is 1. The summed E-state index contributed by atoms with van der Waals surface area (Å²) in [6, 6.07) is 15.7. The third-order valence-corrected chi connectivity index (χ3v) is 4.02. The minimum absolute atomic E-state index is 0.463. The van der Waals surface area contributed by atoms with Gasteiger partial charge < -0.3 is 9.64 Å². The lowest BCUT2D eigenvalue weighted by Crippen LogP contribution is -2.47. The van der Waals surface area contributed by atoms with Crippen molar-refractivity contribution in [2.45, 2.75) is 0 Å². The van der Waals surface area contributed by atoms with Gasteiger partial charge in [-0.15, -0.1) is 0 Å². The number of piperazine rings is 1. The van der Waals surface area contributed by atoms with E-state index in [-0.39, 0.29) is 0 Å². The number of aromatic nitrogens is 1. The number of hydrogen-bond donors (Lipinski definition) is 0. The maximum Gasteiger partial charge on any atom is 0.140 e. The molecular weight excluding hydrogens is 288 g/mol. The molecule has 1 aromatic heterocycles. The minimum atomic E-state index is 0.463. The zero-order valence-electron chi connectivity index (χ0n) is 13.1. The summed E-state index contributed by atoms with van der Waals surface area (Å²) in [6.07, 6.45) is 1.78. The molecule has 118 valence electrons. The molecule has 0 aliphatic carbocycles. The number of rotatable bonds is 5. The number of nitrogens with zero attached hydrogens (tertiary/aromatic N) is 4. The lowest BCUT2D eigenvalue weighted by molar-refractivity contribution is 0.200. The van der Waals surface area contributed by atoms with E-state index in [1.807, 2.05) is 42.5 Å². The van der Waals surface area contributed by atoms with E-state index in [1.165, 1.54) is 0 Å². The van der Waals surface area contributed by atoms with Crippen molar-refractivity contribution in [1.29, 1.82) is 5.26 Å². The highest BCUT2D eigenvalue weighted by Gasteiger charge is 2.17. The standard InChI is InChI=1S/C18H20N4O/c19-14-16-6-7-17(15-20-16)22-10-8-21(9-11-22)12-13-23-18-4-2-1-3-5-18/h1-7,15H,8-13H2. The maximum atomic E-state index is 8.79. The molecule has 0 spiro atoms. The molecule has 5 heteroatoms. The predicted molar refractivity (Wildman–Crippen MR) is 89.5 cm³/mol. The van der Waals surface area contributed by atoms with Crippen LogP contribution in [0, 0.1) is 11.3 Å². The second kappa shape index (κ2) is 7.61. The monoisotopic (exact) mass is 308 g/mol. The summed E-state index contributed by atoms with van der Waals surface area (Å²) in [6.45, 7) is 5.62. The summed E-state index contributed by atoms with van der Waals surface area (Å²) in [5, 5.41) is 8.79. The molecule has 0 unspecified atom stereocenters. The molecule has 23 heavy (non-hydrogen) atoms. The number of anilines is 1. The van der Waals surface area contributed by atoms with Crippen molar-refractivity contribution in [2.24, 2.45) is 0 Å². The molecule has 0 bridgehead atoms. The molecule has 1 aromatic carbocycles. The van der Waals surface area contributed by atoms with Gasteiger partial charge in [-0.25, -0.2) is 4.98 Å². The number of ether oxygens (including phenoxy) is 1. The number of nitriles is 1. The Morgan fingerprint density at radius 3 is 2.48 bits per heavy atom. The van der Waals surface area contributed by atoms with Gasteiger partial charge in [-0.2, -0.15) is 5.26 Å². The fraction of sp³-hybridized carbons (Fsp3) is 0.333. The molecule has 3 rings (SSSR count). The van der Waals surface area contributed by atoms with Crippen molar-refractivity contribution in [1.82, 2.24) is 9.88 Å². The average Bonchev–Trinajstić information content (AvgIpc) is 2.63. The van der Waals surface area contributed by atoms with Gasteiger partial charge in [-0.1, -0.05) is 18.2 Å². The number of para-hydroxylation sites is 1. The molecule has 2 heterocycles. The van der Waals surface area contributed by atoms with Crippen molar-refractivity contribution in [3.63, 3.8) is 0 Å². The Bertz CT molecular complexity index is 643. The van der Waals surface area contributed by atoms with Gasteiger partial charge in [0, 0.05) is 32.7 Å². The molecule has 0 amide bonds. The summed E-state index contributed by atoms with van der Waals surface area (Å²) in [5.74, 6) is 0.926. The van der Waals surface area contributed by atoms with Crippen molar-refractivity contribution < 1.29 is 4.74 Å². The van der Waals surface area contributed by atoms with Crippen LogP contribution < -0.4 is 9.64 Å². The van der Waals surface area contributed by atoms with Crippen molar-refractivity contribution in [3.8, 4) is 11.8 Å². The summed E-state index contributed by atoms with van der Waals surface area (Å²) in [7, 11) is 0. The third-order valence-electron chi connectivity index (χ3n) is 4.02. The number of hydrogen-bond acceptors (Lipinski definition) is 5. The van der Waals surface area contributed by atoms with E-state index in [0.29, 0.717) is 12.3 Å². The van der Waals surface area contributed by atoms with E-state index < -0.39 is 0 Å². The van der Waals surface area contributed by atoms with E-state index in [4.69, 9.17) is 10.00 Å². The molecule has 1 aliphatic heterocycles. The highest BCUT2D eigenvalue weighted by molar-refractivity contribution is 5.46. The van der Waals surface area contributed by atoms with Crippen molar-refractivity contribution in [3.05, 3.63) is 54.4 Å². The first-order valence-electron chi connectivity index (χ1n) is 7.86. The van der Waals surface area contributed by atoms with E-state index in [0.717, 1.165) is 44.2 Å². The van der Waals surface area contributed by atoms with Crippen LogP contribution in [0.3, 0.4) is 0 Å². The van der Waals surface area contributed by atoms with Crippen LogP contribution in [-0.4, -0.2) is 49.2 Å². The summed E-state index contributed by atoms with van der Waals surface area (Å²) in [4.78, 5) is 8.86. The molecule has 2 aromatic rings. The largest absolute Gasteiger partial charge is 0.492 e. The SMILES string of the molecule is N#Cc1ccc(N2CCN(CCOc3ccccc3)CC2)cn1. The van der Waals surface area contributed by atoms with Gasteiger partial charge in [0.15, 0.2) is 0 Å². The zero-order chi connectivity index (χ0) is 15.9. The van der Waals surface area contributed by atoms with Gasteiger partial charge in [0.05, 0.1) is 11.9 Å². The fourth-order valence-corrected chi connectivity index (χ4v) is 2.68. The third kappa shape index (κ3) is 4.21. The van der Waals surface area contributed by atoms with Gasteiger partial charge in [0.25, 0.3) is 0 Å². The first kappa shape index (κ1) is 15.3. The highest BCUT2D eigenvalue weighted by Crippen LogP contribution is 2.15. The van der Waals surface area contributed by atoms with Gasteiger partial charge in [0.2, 0.25) is 0 Å². The smallest absolute Gasteiger partial charge is 0.140 e. The molecule has 1 aliphatic rings. The minimum Gasteiger partial charge on any atom is -0.492 e. The van der Waals surface area contributed by atoms with E-state index >= 15 is 0 Å². The fourth-order valence-electron chi connectivity index (χ4n) is 2.68. The molecular formula is C18H20N4O. The summed E-state index contributed by atoms with van der Waals surface area (Å²) < 4.78 is 5.75. The predicted octanol–water partition coefficient (Wildman–Crippen LogP) is 2.15. The molecule has 1 saturated heterocycles. The van der Waals surface area contributed by atoms with Gasteiger partial charge in [0.1, 0.15) is 24.1 Å². The normalized spacial score (nSPS) is 15.2. The van der Waals surface area contributed by atoms with Crippen LogP contribution in [0.4, 0.5) is 5.69 Å². The van der Waals surface area contributed by atoms with Crippen LogP contribution in [0.2, 0.25) is 0 Å². The van der Waals surface area contributed by atoms with Gasteiger partial charge in [-0.3, -0.25) is 4.90 Å². The summed E-state index contributed by atoms with van der Waals surface area (Å²) >= 11 is 0. The maximum absolute atomic E-state index is 8.79. The van der Waals surface area contributed by atoms with Crippen LogP contribution in [0.1, 0.15) is 5.69 Å². The summed E-state index contributed by atoms with van der Waals surface area (Å²) in [5.41, 5.74) is 1.55. The number of benzene rings is 1. The molecule has 1 fully saturated rings. The van der Waals surface area contributed by atoms with Gasteiger partial charge in [-0.05, 0) is 24.3 Å². The Kier molecular flexibility index (Phi) is 5.07. The van der Waals surface area contributed by atoms with Crippen molar-refractivity contribution in [2.75, 3.05) is 44.2 Å². The van der Waals surface area contributed by atoms with Crippen molar-refractivity contribution >= 4 is 5.69 Å². The lowest BCUT2D eigenvalue weighted by atomic mass is 10.2. The Labute approximate surface area is 136 Å². The Morgan fingerprint density at radius 2 is 1.83 bits per heavy atom. The van der Waals surface area contributed by atoms with E-state index in [9.17, 15) is 0 Å². The molecule has 0 N–H and O–H groups in total. The zero-order valence-corrected chi connectivity index (χ0v) is 13.1. The second-order valence-corrected chi connectivity index (χ2v) is 5.50. The first-order chi connectivity index (χ1) is 11.3.